The van der Waals surface area contributed by atoms with Crippen LogP contribution in [0.1, 0.15) is 125 Å². The van der Waals surface area contributed by atoms with E-state index < -0.39 is 202 Å². The molecule has 0 bridgehead atoms. The number of aliphatic carboxylic acids is 9. The average molecular weight is 1460 g/mol. The van der Waals surface area contributed by atoms with Gasteiger partial charge in [0.25, 0.3) is 0 Å². The zero-order valence-electron chi connectivity index (χ0n) is 55.8. The third-order valence-electron chi connectivity index (χ3n) is 15.7. The van der Waals surface area contributed by atoms with Gasteiger partial charge >= 0.3 is 71.8 Å². The van der Waals surface area contributed by atoms with E-state index in [0.29, 0.717) is 41.8 Å². The van der Waals surface area contributed by atoms with Crippen molar-refractivity contribution in [2.24, 2.45) is 0 Å². The van der Waals surface area contributed by atoms with E-state index in [1.165, 1.54) is 77.5 Å². The lowest BCUT2D eigenvalue weighted by Gasteiger charge is -2.35. The first-order valence-corrected chi connectivity index (χ1v) is 32.4. The molecule has 0 radical (unpaired) electrons. The second-order valence-electron chi connectivity index (χ2n) is 23.9. The molecule has 39 heteroatoms. The predicted octanol–water partition coefficient (Wildman–Crippen LogP) is 2.30. The van der Waals surface area contributed by atoms with Crippen LogP contribution in [0.25, 0.3) is 0 Å². The van der Waals surface area contributed by atoms with E-state index in [1.807, 2.05) is 16.0 Å². The number of nitrogens with zero attached hydrogens (tertiary/aromatic N) is 3. The van der Waals surface area contributed by atoms with Crippen molar-refractivity contribution in [1.82, 2.24) is 52.2 Å². The second-order valence-corrected chi connectivity index (χ2v) is 23.9. The molecular weight excluding hydrogens is 1380 g/mol. The van der Waals surface area contributed by atoms with Gasteiger partial charge in [-0.25, -0.2) is 43.2 Å². The van der Waals surface area contributed by atoms with Crippen LogP contribution in [-0.4, -0.2) is 205 Å². The van der Waals surface area contributed by atoms with Crippen molar-refractivity contribution in [2.45, 2.75) is 177 Å². The molecule has 4 rings (SSSR count). The van der Waals surface area contributed by atoms with E-state index in [9.17, 15) is 112 Å². The molecule has 564 valence electrons. The number of anilines is 3. The molecule has 0 aliphatic heterocycles. The number of hydrogen-bond donors (Lipinski definition) is 19. The van der Waals surface area contributed by atoms with Crippen molar-refractivity contribution >= 4 is 113 Å². The number of carbonyl (C=O) groups is 16. The van der Waals surface area contributed by atoms with Crippen LogP contribution >= 0.6 is 0 Å². The van der Waals surface area contributed by atoms with Crippen LogP contribution < -0.4 is 53.2 Å². The zero-order chi connectivity index (χ0) is 77.1. The molecule has 0 saturated heterocycles. The summed E-state index contributed by atoms with van der Waals surface area (Å²) in [7, 11) is 0. The topological polar surface area (TPSA) is 606 Å². The fourth-order valence-electron chi connectivity index (χ4n) is 10.1. The van der Waals surface area contributed by atoms with Gasteiger partial charge in [-0.2, -0.15) is 0 Å². The van der Waals surface area contributed by atoms with Crippen LogP contribution in [0.4, 0.5) is 35.8 Å². The second kappa shape index (κ2) is 42.7. The van der Waals surface area contributed by atoms with E-state index in [2.05, 4.69) is 47.5 Å². The van der Waals surface area contributed by atoms with Crippen molar-refractivity contribution in [2.75, 3.05) is 22.6 Å². The number of aromatic nitrogens is 3. The third kappa shape index (κ3) is 32.3. The first-order chi connectivity index (χ1) is 49.2. The Morgan fingerprint density at radius 1 is 0.385 bits per heavy atom. The number of nitrogens with one attached hydrogen (secondary N) is 10. The zero-order valence-corrected chi connectivity index (χ0v) is 55.8. The molecule has 1 heterocycles. The molecule has 10 amide bonds. The van der Waals surface area contributed by atoms with Crippen molar-refractivity contribution in [1.29, 1.82) is 0 Å². The number of urea groups is 3. The minimum Gasteiger partial charge on any atom is -0.481 e. The average Bonchev–Trinajstić information content (AvgIpc) is 1.77. The van der Waals surface area contributed by atoms with Crippen LogP contribution in [0.2, 0.25) is 0 Å². The maximum absolute atomic E-state index is 14.2. The molecule has 1 aromatic heterocycles. The normalized spacial score (nSPS) is 13.2. The number of hydrogen-bond acceptors (Lipinski definition) is 18. The summed E-state index contributed by atoms with van der Waals surface area (Å²) in [6, 6.07) is 3.35. The van der Waals surface area contributed by atoms with Gasteiger partial charge in [-0.1, -0.05) is 41.6 Å². The maximum Gasteiger partial charge on any atom is 0.326 e. The Morgan fingerprint density at radius 2 is 0.692 bits per heavy atom. The summed E-state index contributed by atoms with van der Waals surface area (Å²) in [5, 5.41) is 117. The summed E-state index contributed by atoms with van der Waals surface area (Å²) in [6.45, 7) is -0.242. The number of benzene rings is 3. The van der Waals surface area contributed by atoms with Gasteiger partial charge in [0.1, 0.15) is 36.3 Å². The number of rotatable bonds is 48. The first-order valence-electron chi connectivity index (χ1n) is 32.4. The van der Waals surface area contributed by atoms with Gasteiger partial charge in [0.15, 0.2) is 0 Å². The summed E-state index contributed by atoms with van der Waals surface area (Å²) in [4.78, 5) is 199. The van der Waals surface area contributed by atoms with Crippen molar-refractivity contribution in [3.8, 4) is 0 Å². The molecule has 0 saturated carbocycles. The fourth-order valence-corrected chi connectivity index (χ4v) is 10.1. The summed E-state index contributed by atoms with van der Waals surface area (Å²) >= 11 is 0. The van der Waals surface area contributed by atoms with Crippen molar-refractivity contribution < 1.29 is 127 Å². The van der Waals surface area contributed by atoms with Crippen LogP contribution in [0.15, 0.2) is 79.0 Å². The van der Waals surface area contributed by atoms with E-state index in [-0.39, 0.29) is 74.8 Å². The molecule has 104 heavy (non-hydrogen) atoms. The van der Waals surface area contributed by atoms with Crippen molar-refractivity contribution in [3.63, 3.8) is 0 Å². The molecule has 0 aliphatic rings. The number of carboxylic acids is 9. The van der Waals surface area contributed by atoms with Gasteiger partial charge in [0.05, 0.1) is 12.4 Å². The van der Waals surface area contributed by atoms with E-state index in [0.717, 1.165) is 0 Å². The minimum absolute atomic E-state index is 0.128. The molecule has 0 fully saturated rings. The standard InChI is InChI=1S/C65H82FN13O25/c66-30-3-4-42-35-79(78-77-42)31-2-1-5-52(83)76-65(27-24-49(80)67-39-12-6-36(7-13-39)32-46(59(96)97)73-62(102)70-43(56(90)91)18-21-53(84)85,28-25-50(81)68-40-14-8-37(9-15-40)33-47(60(98)99)74-63(103)71-44(57(92)93)19-22-54(86)87)29-26-51(82)69-41-16-10-38(11-17-41)34-48(61(100)101)75-64(104)72-45(58(94)95)20-23-55(88)89/h6-17,35,43-48H,1-5,18-34H2,(H,67,80)(H,68,81)(H,69,82)(H,76,83)(H,84,85)(H,86,87)(H,88,89)(H,90,91)(H,92,93)(H,94,95)(H,96,97)(H,98,99)(H,100,101)(H2,70,73,102)(H2,71,74,103)(H2,72,75,104)/t43-,44?,45?,46?,47-,48-,65?/m0/s1. The number of carbonyl (C=O) groups excluding carboxylic acids is 7. The Morgan fingerprint density at radius 3 is 0.981 bits per heavy atom. The van der Waals surface area contributed by atoms with Crippen LogP contribution in [0.5, 0.6) is 0 Å². The third-order valence-corrected chi connectivity index (χ3v) is 15.7. The molecular formula is C65H82FN13O25. The van der Waals surface area contributed by atoms with Gasteiger partial charge in [-0.3, -0.25) is 42.6 Å². The number of unbranched alkanes of at least 4 members (excludes halogenated alkanes) is 1. The molecule has 0 spiro atoms. The Labute approximate surface area is 590 Å². The SMILES string of the molecule is O=C(O)CCC(NC(=O)N[C@@H](Cc1ccc(NC(=O)CCC(CCC(=O)Nc2ccc(CC(NC(=O)N[C@@H](CCC(=O)O)C(=O)O)C(=O)O)cc2)(CCC(=O)Nc2ccc(C[C@H](NC(=O)NC(CCC(=O)O)C(=O)O)C(=O)O)cc2)NC(=O)CCCCn2cc(CCCF)nn2)cc1)C(=O)O)C(=O)O. The summed E-state index contributed by atoms with van der Waals surface area (Å²) in [5.74, 6) is -15.8. The fraction of sp³-hybridized carbons (Fsp3) is 0.446. The quantitative estimate of drug-likeness (QED) is 0.0282. The van der Waals surface area contributed by atoms with Crippen LogP contribution in [0.3, 0.4) is 0 Å². The Hall–Kier alpha value is -12.3. The van der Waals surface area contributed by atoms with Gasteiger partial charge < -0.3 is 99.1 Å². The minimum atomic E-state index is -1.66. The number of amides is 10. The number of halogens is 1. The summed E-state index contributed by atoms with van der Waals surface area (Å²) < 4.78 is 14.4. The Bertz CT molecular complexity index is 3370. The summed E-state index contributed by atoms with van der Waals surface area (Å²) in [6.07, 6.45) is -3.58. The number of carboxylic acid groups (broad SMARTS) is 9. The highest BCUT2D eigenvalue weighted by Gasteiger charge is 2.35. The molecule has 38 nitrogen and oxygen atoms in total. The number of aryl methyl sites for hydroxylation is 2. The molecule has 3 aromatic carbocycles. The summed E-state index contributed by atoms with van der Waals surface area (Å²) in [5.41, 5.74) is 0.427. The molecule has 6 atom stereocenters. The smallest absolute Gasteiger partial charge is 0.326 e. The molecule has 3 unspecified atom stereocenters. The highest BCUT2D eigenvalue weighted by molar-refractivity contribution is 5.94. The van der Waals surface area contributed by atoms with E-state index in [4.69, 9.17) is 15.3 Å². The molecule has 0 aliphatic carbocycles. The van der Waals surface area contributed by atoms with Gasteiger partial charge in [0, 0.05) is 99.6 Å². The predicted molar refractivity (Wildman–Crippen MR) is 357 cm³/mol. The highest BCUT2D eigenvalue weighted by atomic mass is 19.1. The Balaban J connectivity index is 1.61. The van der Waals surface area contributed by atoms with Gasteiger partial charge in [-0.05, 0) is 117 Å². The lowest BCUT2D eigenvalue weighted by Crippen LogP contribution is -2.51. The lowest BCUT2D eigenvalue weighted by molar-refractivity contribution is -0.142. The highest BCUT2D eigenvalue weighted by Crippen LogP contribution is 2.29. The van der Waals surface area contributed by atoms with Crippen LogP contribution in [-0.2, 0) is 94.6 Å². The molecule has 19 N–H and O–H groups in total. The lowest BCUT2D eigenvalue weighted by atomic mass is 9.82. The van der Waals surface area contributed by atoms with Crippen molar-refractivity contribution in [3.05, 3.63) is 101 Å². The largest absolute Gasteiger partial charge is 0.481 e. The van der Waals surface area contributed by atoms with Crippen LogP contribution in [0, 0.1) is 0 Å². The monoisotopic (exact) mass is 1460 g/mol. The van der Waals surface area contributed by atoms with E-state index in [1.54, 1.807) is 6.20 Å². The Kier molecular flexibility index (Phi) is 34.5. The maximum atomic E-state index is 14.2. The number of alkyl halides is 1. The first kappa shape index (κ1) is 84.1. The molecule has 4 aromatic rings. The van der Waals surface area contributed by atoms with Gasteiger partial charge in [0.2, 0.25) is 23.6 Å². The van der Waals surface area contributed by atoms with E-state index >= 15 is 0 Å². The van der Waals surface area contributed by atoms with Gasteiger partial charge in [-0.15, -0.1) is 5.10 Å².